The predicted molar refractivity (Wildman–Crippen MR) is 121 cm³/mol. The first-order valence-corrected chi connectivity index (χ1v) is 9.77. The van der Waals surface area contributed by atoms with Crippen molar-refractivity contribution in [2.75, 3.05) is 0 Å². The summed E-state index contributed by atoms with van der Waals surface area (Å²) >= 11 is 0. The first-order valence-electron chi connectivity index (χ1n) is 9.77. The Balaban J connectivity index is 0.000000513. The lowest BCUT2D eigenvalue weighted by molar-refractivity contribution is -0.115. The summed E-state index contributed by atoms with van der Waals surface area (Å²) in [6.07, 6.45) is 0. The normalized spacial score (nSPS) is 9.94. The molecule has 0 amide bonds. The Morgan fingerprint density at radius 1 is 0.871 bits per heavy atom. The molecule has 0 fully saturated rings. The van der Waals surface area contributed by atoms with E-state index in [1.807, 2.05) is 13.8 Å². The molecule has 0 bridgehead atoms. The van der Waals surface area contributed by atoms with Gasteiger partial charge in [0, 0.05) is 28.6 Å². The van der Waals surface area contributed by atoms with Crippen molar-refractivity contribution in [3.8, 4) is 28.2 Å². The predicted octanol–water partition coefficient (Wildman–Crippen LogP) is 5.59. The third kappa shape index (κ3) is 5.36. The number of fused-ring (bicyclic) bond motifs is 2. The largest absolute Gasteiger partial charge is 0.508 e. The van der Waals surface area contributed by atoms with Gasteiger partial charge in [0.05, 0.1) is 5.56 Å². The molecule has 2 aromatic rings. The number of hydrogen-bond donors (Lipinski definition) is 2. The maximum Gasteiger partial charge on any atom is 0.336 e. The SMILES string of the molecule is CC.CC(C)=O.O=C(O)c1ccccc1-c1c2ccc(=O)cc-2oc2cc(O)ccc12. The Morgan fingerprint density at radius 3 is 2.16 bits per heavy atom. The van der Waals surface area contributed by atoms with Crippen LogP contribution in [0.5, 0.6) is 5.75 Å². The average Bonchev–Trinajstić information content (AvgIpc) is 2.73. The highest BCUT2D eigenvalue weighted by Crippen LogP contribution is 2.41. The summed E-state index contributed by atoms with van der Waals surface area (Å²) in [4.78, 5) is 32.8. The van der Waals surface area contributed by atoms with E-state index in [-0.39, 0.29) is 22.5 Å². The van der Waals surface area contributed by atoms with E-state index in [4.69, 9.17) is 4.42 Å². The molecule has 0 saturated carbocycles. The molecule has 0 unspecified atom stereocenters. The van der Waals surface area contributed by atoms with Crippen LogP contribution in [0.15, 0.2) is 69.9 Å². The number of phenols is 1. The standard InChI is InChI=1S/C20H12O5.C3H6O.C2H6/c21-11-5-7-15-17(9-11)25-18-10-12(22)6-8-16(18)19(15)13-3-1-2-4-14(13)20(23)24;1-3(2)4;1-2/h1-10,21H,(H,23,24);1-2H3;1-2H3. The van der Waals surface area contributed by atoms with Gasteiger partial charge in [0.15, 0.2) is 5.43 Å². The monoisotopic (exact) mass is 420 g/mol. The second-order valence-electron chi connectivity index (χ2n) is 6.57. The molecule has 1 aliphatic carbocycles. The summed E-state index contributed by atoms with van der Waals surface area (Å²) in [6.45, 7) is 7.06. The minimum atomic E-state index is -1.04. The van der Waals surface area contributed by atoms with E-state index in [0.717, 1.165) is 0 Å². The maximum atomic E-state index is 11.7. The Kier molecular flexibility index (Phi) is 7.69. The molecule has 6 nitrogen and oxygen atoms in total. The van der Waals surface area contributed by atoms with E-state index in [1.165, 1.54) is 44.2 Å². The highest BCUT2D eigenvalue weighted by atomic mass is 16.4. The number of carbonyl (C=O) groups is 2. The number of ketones is 1. The van der Waals surface area contributed by atoms with Crippen molar-refractivity contribution in [2.45, 2.75) is 27.7 Å². The number of carbonyl (C=O) groups excluding carboxylic acids is 1. The van der Waals surface area contributed by atoms with Gasteiger partial charge in [-0.2, -0.15) is 0 Å². The van der Waals surface area contributed by atoms with Crippen molar-refractivity contribution in [1.82, 2.24) is 0 Å². The van der Waals surface area contributed by atoms with Crippen molar-refractivity contribution >= 4 is 22.7 Å². The fourth-order valence-electron chi connectivity index (χ4n) is 3.04. The highest BCUT2D eigenvalue weighted by Gasteiger charge is 2.21. The molecule has 0 spiro atoms. The number of carboxylic acid groups (broad SMARTS) is 1. The third-order valence-corrected chi connectivity index (χ3v) is 4.10. The summed E-state index contributed by atoms with van der Waals surface area (Å²) in [6, 6.07) is 15.7. The van der Waals surface area contributed by atoms with Gasteiger partial charge in [-0.1, -0.05) is 32.0 Å². The number of benzene rings is 3. The highest BCUT2D eigenvalue weighted by molar-refractivity contribution is 6.07. The van der Waals surface area contributed by atoms with E-state index < -0.39 is 5.97 Å². The Morgan fingerprint density at radius 2 is 1.52 bits per heavy atom. The molecule has 2 aliphatic rings. The summed E-state index contributed by atoms with van der Waals surface area (Å²) in [7, 11) is 0. The van der Waals surface area contributed by atoms with E-state index in [9.17, 15) is 24.6 Å². The summed E-state index contributed by atoms with van der Waals surface area (Å²) < 4.78 is 5.76. The van der Waals surface area contributed by atoms with Crippen LogP contribution >= 0.6 is 0 Å². The van der Waals surface area contributed by atoms with Crippen LogP contribution in [-0.2, 0) is 4.79 Å². The minimum Gasteiger partial charge on any atom is -0.508 e. The van der Waals surface area contributed by atoms with Gasteiger partial charge in [-0.3, -0.25) is 4.79 Å². The number of hydrogen-bond acceptors (Lipinski definition) is 5. The molecule has 31 heavy (non-hydrogen) atoms. The second-order valence-corrected chi connectivity index (χ2v) is 6.57. The van der Waals surface area contributed by atoms with Gasteiger partial charge in [-0.25, -0.2) is 4.79 Å². The van der Waals surface area contributed by atoms with Gasteiger partial charge in [-0.15, -0.1) is 0 Å². The summed E-state index contributed by atoms with van der Waals surface area (Å²) in [5.74, 6) is -0.524. The molecule has 0 atom stereocenters. The smallest absolute Gasteiger partial charge is 0.336 e. The lowest BCUT2D eigenvalue weighted by Crippen LogP contribution is -2.03. The quantitative estimate of drug-likeness (QED) is 0.410. The van der Waals surface area contributed by atoms with Crippen LogP contribution in [-0.4, -0.2) is 22.0 Å². The molecule has 0 radical (unpaired) electrons. The Hall–Kier alpha value is -3.93. The van der Waals surface area contributed by atoms with Gasteiger partial charge in [0.2, 0.25) is 0 Å². The molecule has 0 aromatic heterocycles. The van der Waals surface area contributed by atoms with Crippen molar-refractivity contribution < 1.29 is 24.2 Å². The fraction of sp³-hybridized carbons (Fsp3) is 0.160. The van der Waals surface area contributed by atoms with Crippen molar-refractivity contribution in [3.05, 3.63) is 76.5 Å². The number of aromatic carboxylic acids is 1. The van der Waals surface area contributed by atoms with Gasteiger partial charge in [-0.05, 0) is 49.7 Å². The first-order chi connectivity index (χ1) is 14.8. The fourth-order valence-corrected chi connectivity index (χ4v) is 3.04. The Labute approximate surface area is 179 Å². The molecule has 4 rings (SSSR count). The second kappa shape index (κ2) is 10.2. The molecule has 1 aliphatic heterocycles. The van der Waals surface area contributed by atoms with Crippen LogP contribution in [0.1, 0.15) is 38.1 Å². The number of aromatic hydroxyl groups is 1. The zero-order valence-electron chi connectivity index (χ0n) is 17.8. The van der Waals surface area contributed by atoms with Crippen LogP contribution in [0, 0.1) is 0 Å². The molecule has 0 saturated heterocycles. The lowest BCUT2D eigenvalue weighted by Gasteiger charge is -2.16. The summed E-state index contributed by atoms with van der Waals surface area (Å²) in [5, 5.41) is 19.9. The summed E-state index contributed by atoms with van der Waals surface area (Å²) in [5.41, 5.74) is 2.10. The molecule has 2 aromatic carbocycles. The molecular formula is C25H24O6. The van der Waals surface area contributed by atoms with Crippen molar-refractivity contribution in [3.63, 3.8) is 0 Å². The molecule has 160 valence electrons. The van der Waals surface area contributed by atoms with Crippen LogP contribution in [0.25, 0.3) is 33.4 Å². The van der Waals surface area contributed by atoms with Crippen LogP contribution < -0.4 is 5.43 Å². The molecule has 6 heteroatoms. The lowest BCUT2D eigenvalue weighted by atomic mass is 9.91. The molecular weight excluding hydrogens is 396 g/mol. The van der Waals surface area contributed by atoms with Crippen LogP contribution in [0.4, 0.5) is 0 Å². The average molecular weight is 420 g/mol. The van der Waals surface area contributed by atoms with Gasteiger partial charge < -0.3 is 19.4 Å². The number of Topliss-reactive ketones (excluding diaryl/α,β-unsaturated/α-hetero) is 1. The third-order valence-electron chi connectivity index (χ3n) is 4.10. The van der Waals surface area contributed by atoms with Crippen molar-refractivity contribution in [1.29, 1.82) is 0 Å². The number of phenolic OH excluding ortho intramolecular Hbond substituents is 1. The van der Waals surface area contributed by atoms with Crippen LogP contribution in [0.2, 0.25) is 0 Å². The topological polar surface area (TPSA) is 105 Å². The van der Waals surface area contributed by atoms with E-state index >= 15 is 0 Å². The Bertz CT molecular complexity index is 1250. The van der Waals surface area contributed by atoms with Gasteiger partial charge in [0.25, 0.3) is 0 Å². The zero-order valence-corrected chi connectivity index (χ0v) is 17.8. The van der Waals surface area contributed by atoms with Gasteiger partial charge >= 0.3 is 5.97 Å². The van der Waals surface area contributed by atoms with Gasteiger partial charge in [0.1, 0.15) is 22.9 Å². The zero-order chi connectivity index (χ0) is 23.1. The minimum absolute atomic E-state index is 0.0198. The number of rotatable bonds is 2. The molecule has 1 heterocycles. The van der Waals surface area contributed by atoms with E-state index in [0.29, 0.717) is 33.4 Å². The first kappa shape index (κ1) is 23.3. The van der Waals surface area contributed by atoms with E-state index in [2.05, 4.69) is 0 Å². The molecule has 2 N–H and O–H groups in total. The number of carboxylic acids is 1. The van der Waals surface area contributed by atoms with Crippen LogP contribution in [0.3, 0.4) is 0 Å². The van der Waals surface area contributed by atoms with E-state index in [1.54, 1.807) is 30.3 Å². The maximum absolute atomic E-state index is 11.7. The van der Waals surface area contributed by atoms with Crippen molar-refractivity contribution in [2.24, 2.45) is 0 Å².